The number of halogens is 1. The zero-order valence-electron chi connectivity index (χ0n) is 20.7. The number of nitrogens with zero attached hydrogens (tertiary/aromatic N) is 4. The first-order valence-electron chi connectivity index (χ1n) is 12.4. The molecule has 34 heavy (non-hydrogen) atoms. The topological polar surface area (TPSA) is 70.5 Å². The molecule has 4 rings (SSSR count). The van der Waals surface area contributed by atoms with E-state index < -0.39 is 5.54 Å². The first kappa shape index (κ1) is 24.4. The SMILES string of the molecule is CCn1cc(CN2CCC(C3(Cc4cccc(F)c4)NC(=O)N(CC(C)C)C3=O)CC2)c(C)n1. The van der Waals surface area contributed by atoms with Crippen LogP contribution in [0.4, 0.5) is 9.18 Å². The molecular formula is C26H36FN5O2. The second-order valence-electron chi connectivity index (χ2n) is 10.2. The molecule has 8 heteroatoms. The monoisotopic (exact) mass is 469 g/mol. The molecule has 2 aliphatic heterocycles. The third-order valence-electron chi connectivity index (χ3n) is 7.17. The van der Waals surface area contributed by atoms with Crippen molar-refractivity contribution in [2.24, 2.45) is 11.8 Å². The van der Waals surface area contributed by atoms with Crippen LogP contribution >= 0.6 is 0 Å². The Morgan fingerprint density at radius 3 is 2.59 bits per heavy atom. The number of aromatic nitrogens is 2. The highest BCUT2D eigenvalue weighted by molar-refractivity contribution is 6.07. The molecular weight excluding hydrogens is 433 g/mol. The van der Waals surface area contributed by atoms with Crippen LogP contribution in [0, 0.1) is 24.6 Å². The first-order valence-corrected chi connectivity index (χ1v) is 12.4. The van der Waals surface area contributed by atoms with Gasteiger partial charge in [-0.15, -0.1) is 0 Å². The van der Waals surface area contributed by atoms with Crippen LogP contribution in [-0.4, -0.2) is 56.7 Å². The maximum Gasteiger partial charge on any atom is 0.325 e. The van der Waals surface area contributed by atoms with Gasteiger partial charge in [-0.1, -0.05) is 26.0 Å². The van der Waals surface area contributed by atoms with Gasteiger partial charge < -0.3 is 5.32 Å². The number of nitrogens with one attached hydrogen (secondary N) is 1. The molecule has 2 saturated heterocycles. The Bertz CT molecular complexity index is 1040. The largest absolute Gasteiger partial charge is 0.325 e. The summed E-state index contributed by atoms with van der Waals surface area (Å²) >= 11 is 0. The zero-order valence-corrected chi connectivity index (χ0v) is 20.7. The number of hydrogen-bond donors (Lipinski definition) is 1. The Kier molecular flexibility index (Phi) is 7.07. The summed E-state index contributed by atoms with van der Waals surface area (Å²) in [6.45, 7) is 11.8. The molecule has 0 radical (unpaired) electrons. The van der Waals surface area contributed by atoms with Crippen LogP contribution in [0.3, 0.4) is 0 Å². The zero-order chi connectivity index (χ0) is 24.5. The smallest absolute Gasteiger partial charge is 0.322 e. The highest BCUT2D eigenvalue weighted by Gasteiger charge is 2.55. The van der Waals surface area contributed by atoms with Gasteiger partial charge in [-0.3, -0.25) is 19.3 Å². The van der Waals surface area contributed by atoms with Crippen LogP contribution in [0.2, 0.25) is 0 Å². The number of aryl methyl sites for hydroxylation is 2. The van der Waals surface area contributed by atoms with E-state index in [1.165, 1.54) is 22.6 Å². The van der Waals surface area contributed by atoms with Gasteiger partial charge in [0.1, 0.15) is 11.4 Å². The predicted octanol–water partition coefficient (Wildman–Crippen LogP) is 3.75. The average Bonchev–Trinajstić information content (AvgIpc) is 3.26. The molecule has 184 valence electrons. The number of piperidine rings is 1. The summed E-state index contributed by atoms with van der Waals surface area (Å²) in [6.07, 6.45) is 3.99. The summed E-state index contributed by atoms with van der Waals surface area (Å²) < 4.78 is 15.9. The van der Waals surface area contributed by atoms with Crippen molar-refractivity contribution in [3.05, 3.63) is 53.1 Å². The highest BCUT2D eigenvalue weighted by Crippen LogP contribution is 2.37. The van der Waals surface area contributed by atoms with E-state index in [-0.39, 0.29) is 29.6 Å². The number of imide groups is 1. The Balaban J connectivity index is 1.53. The molecule has 2 aromatic rings. The molecule has 0 aliphatic carbocycles. The number of carbonyl (C=O) groups excluding carboxylic acids is 2. The second kappa shape index (κ2) is 9.86. The fourth-order valence-electron chi connectivity index (χ4n) is 5.39. The lowest BCUT2D eigenvalue weighted by Crippen LogP contribution is -2.57. The van der Waals surface area contributed by atoms with Crippen LogP contribution in [0.25, 0.3) is 0 Å². The van der Waals surface area contributed by atoms with Gasteiger partial charge in [0.2, 0.25) is 0 Å². The Hall–Kier alpha value is -2.74. The summed E-state index contributed by atoms with van der Waals surface area (Å²) in [4.78, 5) is 30.4. The van der Waals surface area contributed by atoms with Crippen LogP contribution in [-0.2, 0) is 24.3 Å². The van der Waals surface area contributed by atoms with Gasteiger partial charge >= 0.3 is 6.03 Å². The molecule has 0 spiro atoms. The van der Waals surface area contributed by atoms with Crippen molar-refractivity contribution in [1.82, 2.24) is 24.9 Å². The fraction of sp³-hybridized carbons (Fsp3) is 0.577. The summed E-state index contributed by atoms with van der Waals surface area (Å²) in [5.74, 6) is -0.343. The fourth-order valence-corrected chi connectivity index (χ4v) is 5.39. The molecule has 0 saturated carbocycles. The standard InChI is InChI=1S/C26H36FN5O2/c1-5-31-17-21(19(4)29-31)16-30-11-9-22(10-12-30)26(14-20-7-6-8-23(27)13-20)24(33)32(15-18(2)3)25(34)28-26/h6-8,13,17-18,22H,5,9-12,14-16H2,1-4H3,(H,28,34). The van der Waals surface area contributed by atoms with Gasteiger partial charge in [0, 0.05) is 37.8 Å². The summed E-state index contributed by atoms with van der Waals surface area (Å²) in [5.41, 5.74) is 1.97. The molecule has 7 nitrogen and oxygen atoms in total. The van der Waals surface area contributed by atoms with E-state index in [0.717, 1.165) is 50.3 Å². The van der Waals surface area contributed by atoms with Gasteiger partial charge in [-0.2, -0.15) is 5.10 Å². The van der Waals surface area contributed by atoms with Gasteiger partial charge in [-0.05, 0) is 69.3 Å². The number of carbonyl (C=O) groups is 2. The van der Waals surface area contributed by atoms with E-state index in [1.807, 2.05) is 31.5 Å². The number of likely N-dealkylation sites (tertiary alicyclic amines) is 1. The maximum absolute atomic E-state index is 14.0. The van der Waals surface area contributed by atoms with Crippen molar-refractivity contribution in [2.45, 2.75) is 65.6 Å². The molecule has 3 amide bonds. The van der Waals surface area contributed by atoms with Gasteiger partial charge in [-0.25, -0.2) is 9.18 Å². The lowest BCUT2D eigenvalue weighted by Gasteiger charge is -2.41. The summed E-state index contributed by atoms with van der Waals surface area (Å²) in [5, 5.41) is 7.63. The van der Waals surface area contributed by atoms with Gasteiger partial charge in [0.05, 0.1) is 5.69 Å². The third kappa shape index (κ3) is 4.87. The molecule has 1 aromatic heterocycles. The van der Waals surface area contributed by atoms with Crippen LogP contribution in [0.15, 0.2) is 30.5 Å². The molecule has 1 atom stereocenters. The van der Waals surface area contributed by atoms with Gasteiger partial charge in [0.15, 0.2) is 0 Å². The normalized spacial score (nSPS) is 22.1. The first-order chi connectivity index (χ1) is 16.2. The van der Waals surface area contributed by atoms with E-state index in [9.17, 15) is 14.0 Å². The van der Waals surface area contributed by atoms with Crippen molar-refractivity contribution >= 4 is 11.9 Å². The number of benzene rings is 1. The molecule has 1 aromatic carbocycles. The van der Waals surface area contributed by atoms with Crippen LogP contribution in [0.1, 0.15) is 50.4 Å². The number of amides is 3. The van der Waals surface area contributed by atoms with E-state index in [4.69, 9.17) is 0 Å². The van der Waals surface area contributed by atoms with E-state index in [2.05, 4.69) is 28.4 Å². The minimum Gasteiger partial charge on any atom is -0.322 e. The Morgan fingerprint density at radius 2 is 1.97 bits per heavy atom. The van der Waals surface area contributed by atoms with Gasteiger partial charge in [0.25, 0.3) is 5.91 Å². The number of urea groups is 1. The van der Waals surface area contributed by atoms with Crippen LogP contribution in [0.5, 0.6) is 0 Å². The molecule has 3 heterocycles. The number of hydrogen-bond acceptors (Lipinski definition) is 4. The van der Waals surface area contributed by atoms with E-state index in [1.54, 1.807) is 6.07 Å². The third-order valence-corrected chi connectivity index (χ3v) is 7.17. The highest BCUT2D eigenvalue weighted by atomic mass is 19.1. The van der Waals surface area contributed by atoms with E-state index >= 15 is 0 Å². The van der Waals surface area contributed by atoms with Crippen molar-refractivity contribution in [3.8, 4) is 0 Å². The Morgan fingerprint density at radius 1 is 1.24 bits per heavy atom. The molecule has 2 fully saturated rings. The maximum atomic E-state index is 14.0. The summed E-state index contributed by atoms with van der Waals surface area (Å²) in [7, 11) is 0. The van der Waals surface area contributed by atoms with Crippen molar-refractivity contribution in [3.63, 3.8) is 0 Å². The average molecular weight is 470 g/mol. The minimum atomic E-state index is -1.03. The van der Waals surface area contributed by atoms with Crippen molar-refractivity contribution in [2.75, 3.05) is 19.6 Å². The molecule has 0 bridgehead atoms. The second-order valence-corrected chi connectivity index (χ2v) is 10.2. The Labute approximate surface area is 201 Å². The van der Waals surface area contributed by atoms with Crippen molar-refractivity contribution < 1.29 is 14.0 Å². The number of rotatable bonds is 8. The van der Waals surface area contributed by atoms with Crippen molar-refractivity contribution in [1.29, 1.82) is 0 Å². The minimum absolute atomic E-state index is 0.0138. The predicted molar refractivity (Wildman–Crippen MR) is 129 cm³/mol. The molecule has 1 unspecified atom stereocenters. The van der Waals surface area contributed by atoms with E-state index in [0.29, 0.717) is 13.0 Å². The summed E-state index contributed by atoms with van der Waals surface area (Å²) in [6, 6.07) is 6.03. The lowest BCUT2D eigenvalue weighted by atomic mass is 9.73. The quantitative estimate of drug-likeness (QED) is 0.598. The molecule has 2 aliphatic rings. The van der Waals surface area contributed by atoms with Crippen LogP contribution < -0.4 is 5.32 Å². The molecule has 1 N–H and O–H groups in total. The lowest BCUT2D eigenvalue weighted by molar-refractivity contribution is -0.134.